The molecule has 1 unspecified atom stereocenters. The molecule has 0 aliphatic carbocycles. The lowest BCUT2D eigenvalue weighted by Gasteiger charge is -2.38. The summed E-state index contributed by atoms with van der Waals surface area (Å²) in [6.45, 7) is 2.78. The number of nitrogens with zero attached hydrogens (tertiary/aromatic N) is 1. The van der Waals surface area contributed by atoms with E-state index in [0.29, 0.717) is 0 Å². The molecule has 4 heteroatoms. The molecular formula is C17H17BrN2O. The molecule has 1 N–H and O–H groups in total. The Balaban J connectivity index is 2.02. The largest absolute Gasteiger partial charge is 0.353 e. The van der Waals surface area contributed by atoms with Gasteiger partial charge in [-0.1, -0.05) is 53.2 Å². The Labute approximate surface area is 133 Å². The van der Waals surface area contributed by atoms with Crippen LogP contribution < -0.4 is 10.2 Å². The van der Waals surface area contributed by atoms with Gasteiger partial charge in [0.05, 0.1) is 11.4 Å². The molecule has 1 aliphatic heterocycles. The van der Waals surface area contributed by atoms with Gasteiger partial charge in [0.25, 0.3) is 0 Å². The van der Waals surface area contributed by atoms with Gasteiger partial charge in [0, 0.05) is 11.0 Å². The van der Waals surface area contributed by atoms with Crippen LogP contribution in [0, 0.1) is 0 Å². The maximum atomic E-state index is 12.3. The van der Waals surface area contributed by atoms with Crippen molar-refractivity contribution in [3.63, 3.8) is 0 Å². The number of hydrogen-bond donors (Lipinski definition) is 1. The van der Waals surface area contributed by atoms with E-state index in [1.54, 1.807) is 0 Å². The molecule has 0 fully saturated rings. The summed E-state index contributed by atoms with van der Waals surface area (Å²) < 4.78 is 1.02. The third-order valence-corrected chi connectivity index (χ3v) is 4.28. The van der Waals surface area contributed by atoms with Gasteiger partial charge in [-0.2, -0.15) is 0 Å². The van der Waals surface area contributed by atoms with Crippen LogP contribution >= 0.6 is 15.9 Å². The first kappa shape index (κ1) is 14.1. The number of anilines is 2. The summed E-state index contributed by atoms with van der Waals surface area (Å²) in [6, 6.07) is 16.1. The summed E-state index contributed by atoms with van der Waals surface area (Å²) in [5.41, 5.74) is 3.15. The van der Waals surface area contributed by atoms with Crippen LogP contribution in [0.15, 0.2) is 53.0 Å². The van der Waals surface area contributed by atoms with Crippen LogP contribution in [-0.2, 0) is 11.3 Å². The van der Waals surface area contributed by atoms with Crippen molar-refractivity contribution in [2.24, 2.45) is 0 Å². The van der Waals surface area contributed by atoms with Gasteiger partial charge in [-0.3, -0.25) is 4.79 Å². The lowest BCUT2D eigenvalue weighted by Crippen LogP contribution is -2.47. The highest BCUT2D eigenvalue weighted by molar-refractivity contribution is 9.10. The van der Waals surface area contributed by atoms with Crippen LogP contribution in [0.1, 0.15) is 18.9 Å². The van der Waals surface area contributed by atoms with Crippen molar-refractivity contribution >= 4 is 33.2 Å². The smallest absolute Gasteiger partial charge is 0.247 e. The van der Waals surface area contributed by atoms with E-state index in [4.69, 9.17) is 0 Å². The van der Waals surface area contributed by atoms with Crippen molar-refractivity contribution < 1.29 is 4.79 Å². The molecule has 3 nitrogen and oxygen atoms in total. The van der Waals surface area contributed by atoms with Gasteiger partial charge in [-0.15, -0.1) is 0 Å². The molecule has 21 heavy (non-hydrogen) atoms. The van der Waals surface area contributed by atoms with Crippen molar-refractivity contribution in [2.45, 2.75) is 25.9 Å². The Kier molecular flexibility index (Phi) is 3.97. The molecule has 0 aromatic heterocycles. The van der Waals surface area contributed by atoms with Gasteiger partial charge in [0.2, 0.25) is 5.91 Å². The Hall–Kier alpha value is -1.81. The molecule has 108 valence electrons. The van der Waals surface area contributed by atoms with E-state index in [1.165, 1.54) is 5.56 Å². The third-order valence-electron chi connectivity index (χ3n) is 3.79. The number of carbonyl (C=O) groups excluding carboxylic acids is 1. The first-order chi connectivity index (χ1) is 10.2. The average Bonchev–Trinajstić information content (AvgIpc) is 2.49. The predicted octanol–water partition coefficient (Wildman–Crippen LogP) is 4.19. The Morgan fingerprint density at radius 3 is 2.67 bits per heavy atom. The van der Waals surface area contributed by atoms with Crippen LogP contribution in [0.2, 0.25) is 0 Å². The zero-order chi connectivity index (χ0) is 14.8. The Bertz CT molecular complexity index is 657. The topological polar surface area (TPSA) is 32.3 Å². The molecule has 0 spiro atoms. The Morgan fingerprint density at radius 1 is 1.19 bits per heavy atom. The quantitative estimate of drug-likeness (QED) is 0.905. The normalized spacial score (nSPS) is 17.3. The van der Waals surface area contributed by atoms with Crippen molar-refractivity contribution in [3.8, 4) is 0 Å². The second-order valence-corrected chi connectivity index (χ2v) is 6.10. The predicted molar refractivity (Wildman–Crippen MR) is 89.5 cm³/mol. The fourth-order valence-corrected chi connectivity index (χ4v) is 3.10. The fraction of sp³-hybridized carbons (Fsp3) is 0.235. The molecule has 0 saturated heterocycles. The van der Waals surface area contributed by atoms with E-state index in [-0.39, 0.29) is 11.9 Å². The average molecular weight is 345 g/mol. The summed E-state index contributed by atoms with van der Waals surface area (Å²) in [4.78, 5) is 14.5. The first-order valence-electron chi connectivity index (χ1n) is 7.10. The minimum absolute atomic E-state index is 0.0725. The minimum Gasteiger partial charge on any atom is -0.353 e. The SMILES string of the molecule is CCC1C(=O)Nc2ccc(Br)cc2N1Cc1ccccc1. The number of fused-ring (bicyclic) bond motifs is 1. The van der Waals surface area contributed by atoms with Crippen LogP contribution in [0.25, 0.3) is 0 Å². The lowest BCUT2D eigenvalue weighted by molar-refractivity contribution is -0.117. The van der Waals surface area contributed by atoms with Crippen molar-refractivity contribution in [2.75, 3.05) is 10.2 Å². The second-order valence-electron chi connectivity index (χ2n) is 5.19. The maximum Gasteiger partial charge on any atom is 0.247 e. The standard InChI is InChI=1S/C17H17BrN2O/c1-2-15-17(21)19-14-9-8-13(18)10-16(14)20(15)11-12-6-4-3-5-7-12/h3-10,15H,2,11H2,1H3,(H,19,21). The number of hydrogen-bond acceptors (Lipinski definition) is 2. The maximum absolute atomic E-state index is 12.3. The summed E-state index contributed by atoms with van der Waals surface area (Å²) in [7, 11) is 0. The monoisotopic (exact) mass is 344 g/mol. The highest BCUT2D eigenvalue weighted by atomic mass is 79.9. The molecule has 2 aromatic rings. The zero-order valence-corrected chi connectivity index (χ0v) is 13.4. The number of benzene rings is 2. The molecule has 3 rings (SSSR count). The number of carbonyl (C=O) groups is 1. The highest BCUT2D eigenvalue weighted by Gasteiger charge is 2.31. The molecule has 2 aromatic carbocycles. The number of amides is 1. The van der Waals surface area contributed by atoms with E-state index in [0.717, 1.165) is 28.8 Å². The molecule has 0 bridgehead atoms. The molecule has 1 atom stereocenters. The van der Waals surface area contributed by atoms with Gasteiger partial charge >= 0.3 is 0 Å². The van der Waals surface area contributed by atoms with Gasteiger partial charge in [0.15, 0.2) is 0 Å². The highest BCUT2D eigenvalue weighted by Crippen LogP contribution is 2.36. The van der Waals surface area contributed by atoms with E-state index < -0.39 is 0 Å². The number of nitrogens with one attached hydrogen (secondary N) is 1. The van der Waals surface area contributed by atoms with Gasteiger partial charge < -0.3 is 10.2 Å². The molecule has 0 saturated carbocycles. The molecule has 1 amide bonds. The van der Waals surface area contributed by atoms with E-state index >= 15 is 0 Å². The number of rotatable bonds is 3. The van der Waals surface area contributed by atoms with Crippen LogP contribution in [0.5, 0.6) is 0 Å². The summed E-state index contributed by atoms with van der Waals surface area (Å²) in [6.07, 6.45) is 0.782. The number of halogens is 1. The lowest BCUT2D eigenvalue weighted by atomic mass is 10.0. The summed E-state index contributed by atoms with van der Waals surface area (Å²) in [5.74, 6) is 0.0725. The van der Waals surface area contributed by atoms with Gasteiger partial charge in [-0.05, 0) is 30.2 Å². The van der Waals surface area contributed by atoms with Crippen LogP contribution in [0.3, 0.4) is 0 Å². The molecule has 1 heterocycles. The van der Waals surface area contributed by atoms with Crippen molar-refractivity contribution in [1.29, 1.82) is 0 Å². The van der Waals surface area contributed by atoms with E-state index in [2.05, 4.69) is 44.3 Å². The minimum atomic E-state index is -0.132. The van der Waals surface area contributed by atoms with E-state index in [9.17, 15) is 4.79 Å². The fourth-order valence-electron chi connectivity index (χ4n) is 2.75. The van der Waals surface area contributed by atoms with Crippen molar-refractivity contribution in [3.05, 3.63) is 58.6 Å². The molecular weight excluding hydrogens is 328 g/mol. The zero-order valence-electron chi connectivity index (χ0n) is 11.8. The van der Waals surface area contributed by atoms with Crippen LogP contribution in [-0.4, -0.2) is 11.9 Å². The van der Waals surface area contributed by atoms with Crippen molar-refractivity contribution in [1.82, 2.24) is 0 Å². The first-order valence-corrected chi connectivity index (χ1v) is 7.89. The second kappa shape index (κ2) is 5.90. The van der Waals surface area contributed by atoms with E-state index in [1.807, 2.05) is 37.3 Å². The molecule has 1 aliphatic rings. The Morgan fingerprint density at radius 2 is 1.95 bits per heavy atom. The third kappa shape index (κ3) is 2.81. The van der Waals surface area contributed by atoms with Gasteiger partial charge in [-0.25, -0.2) is 0 Å². The van der Waals surface area contributed by atoms with Crippen LogP contribution in [0.4, 0.5) is 11.4 Å². The summed E-state index contributed by atoms with van der Waals surface area (Å²) >= 11 is 3.52. The summed E-state index contributed by atoms with van der Waals surface area (Å²) in [5, 5.41) is 3.00. The van der Waals surface area contributed by atoms with Gasteiger partial charge in [0.1, 0.15) is 6.04 Å². The molecule has 0 radical (unpaired) electrons.